The molecule has 2 N–H and O–H groups in total. The van der Waals surface area contributed by atoms with Crippen LogP contribution in [0.2, 0.25) is 0 Å². The average Bonchev–Trinajstić information content (AvgIpc) is 2.47. The minimum atomic E-state index is 0.446. The van der Waals surface area contributed by atoms with Crippen LogP contribution >= 0.6 is 0 Å². The zero-order chi connectivity index (χ0) is 13.2. The monoisotopic (exact) mass is 246 g/mol. The van der Waals surface area contributed by atoms with Crippen LogP contribution < -0.4 is 5.73 Å². The van der Waals surface area contributed by atoms with Gasteiger partial charge >= 0.3 is 0 Å². The first-order valence-electron chi connectivity index (χ1n) is 5.71. The molecule has 3 aromatic rings. The van der Waals surface area contributed by atoms with Crippen LogP contribution in [0.1, 0.15) is 5.56 Å². The van der Waals surface area contributed by atoms with Crippen LogP contribution in [-0.2, 0) is 0 Å². The first kappa shape index (κ1) is 11.2. The number of aromatic nitrogens is 3. The van der Waals surface area contributed by atoms with Crippen molar-refractivity contribution in [2.45, 2.75) is 0 Å². The fourth-order valence-corrected chi connectivity index (χ4v) is 1.91. The Morgan fingerprint density at radius 2 is 2.00 bits per heavy atom. The molecule has 3 rings (SSSR count). The highest BCUT2D eigenvalue weighted by atomic mass is 14.9. The molecule has 90 valence electrons. The van der Waals surface area contributed by atoms with Crippen LogP contribution in [-0.4, -0.2) is 15.0 Å². The third-order valence-electron chi connectivity index (χ3n) is 2.88. The summed E-state index contributed by atoms with van der Waals surface area (Å²) in [4.78, 5) is 12.5. The first-order valence-corrected chi connectivity index (χ1v) is 5.71. The molecule has 0 amide bonds. The van der Waals surface area contributed by atoms with Crippen LogP contribution in [0.15, 0.2) is 42.9 Å². The number of hydrogen-bond acceptors (Lipinski definition) is 4. The Morgan fingerprint density at radius 3 is 2.84 bits per heavy atom. The number of nitrogens with zero attached hydrogens (tertiary/aromatic N) is 3. The van der Waals surface area contributed by atoms with Gasteiger partial charge in [-0.3, -0.25) is 4.98 Å². The fourth-order valence-electron chi connectivity index (χ4n) is 1.91. The molecule has 0 saturated carbocycles. The summed E-state index contributed by atoms with van der Waals surface area (Å²) in [5, 5.41) is 0.790. The minimum absolute atomic E-state index is 0.446. The van der Waals surface area contributed by atoms with Crippen LogP contribution in [0.4, 0.5) is 5.82 Å². The lowest BCUT2D eigenvalue weighted by atomic mass is 10.1. The fraction of sp³-hybridized carbons (Fsp3) is 0. The molecule has 0 saturated heterocycles. The number of rotatable bonds is 1. The van der Waals surface area contributed by atoms with E-state index in [9.17, 15) is 0 Å². The largest absolute Gasteiger partial charge is 0.383 e. The summed E-state index contributed by atoms with van der Waals surface area (Å²) in [6, 6.07) is 9.52. The van der Waals surface area contributed by atoms with Crippen molar-refractivity contribution in [3.05, 3.63) is 48.4 Å². The van der Waals surface area contributed by atoms with Crippen molar-refractivity contribution in [1.82, 2.24) is 15.0 Å². The summed E-state index contributed by atoms with van der Waals surface area (Å²) < 4.78 is 0. The summed E-state index contributed by atoms with van der Waals surface area (Å²) in [5.41, 5.74) is 9.13. The van der Waals surface area contributed by atoms with Crippen molar-refractivity contribution in [3.63, 3.8) is 0 Å². The zero-order valence-electron chi connectivity index (χ0n) is 10.0. The highest BCUT2D eigenvalue weighted by Crippen LogP contribution is 2.23. The van der Waals surface area contributed by atoms with Gasteiger partial charge in [0, 0.05) is 16.5 Å². The van der Waals surface area contributed by atoms with Gasteiger partial charge in [-0.2, -0.15) is 0 Å². The molecule has 0 aliphatic rings. The topological polar surface area (TPSA) is 64.7 Å². The lowest BCUT2D eigenvalue weighted by molar-refractivity contribution is 1.21. The van der Waals surface area contributed by atoms with E-state index >= 15 is 0 Å². The number of nitrogens with two attached hydrogens (primary N) is 1. The van der Waals surface area contributed by atoms with E-state index in [-0.39, 0.29) is 0 Å². The van der Waals surface area contributed by atoms with Crippen molar-refractivity contribution in [2.75, 3.05) is 5.73 Å². The molecular weight excluding hydrogens is 236 g/mol. The van der Waals surface area contributed by atoms with Gasteiger partial charge in [-0.05, 0) is 18.2 Å². The molecule has 0 radical (unpaired) electrons. The smallest absolute Gasteiger partial charge is 0.134 e. The molecule has 19 heavy (non-hydrogen) atoms. The van der Waals surface area contributed by atoms with Crippen LogP contribution in [0.3, 0.4) is 0 Å². The second kappa shape index (κ2) is 4.39. The highest BCUT2D eigenvalue weighted by molar-refractivity contribution is 5.89. The third kappa shape index (κ3) is 1.98. The standard InChI is InChI=1S/C15H10N4/c1-2-10-4-3-5-11(6-10)13-7-12-14(8-17-13)18-9-19-15(12)16/h1,3-9H,(H2,16,18,19). The number of benzene rings is 1. The van der Waals surface area contributed by atoms with Gasteiger partial charge < -0.3 is 5.73 Å². The highest BCUT2D eigenvalue weighted by Gasteiger charge is 2.05. The van der Waals surface area contributed by atoms with E-state index in [1.807, 2.05) is 30.3 Å². The Labute approximate surface area is 110 Å². The maximum atomic E-state index is 5.85. The summed E-state index contributed by atoms with van der Waals surface area (Å²) in [6.07, 6.45) is 8.52. The van der Waals surface area contributed by atoms with Crippen LogP contribution in [0.5, 0.6) is 0 Å². The maximum Gasteiger partial charge on any atom is 0.134 e. The molecule has 0 unspecified atom stereocenters. The Balaban J connectivity index is 2.20. The van der Waals surface area contributed by atoms with E-state index in [0.717, 1.165) is 27.7 Å². The second-order valence-electron chi connectivity index (χ2n) is 4.07. The molecule has 0 atom stereocenters. The van der Waals surface area contributed by atoms with Crippen molar-refractivity contribution in [2.24, 2.45) is 0 Å². The van der Waals surface area contributed by atoms with Crippen molar-refractivity contribution in [3.8, 4) is 23.6 Å². The third-order valence-corrected chi connectivity index (χ3v) is 2.88. The molecule has 2 aromatic heterocycles. The van der Waals surface area contributed by atoms with E-state index in [4.69, 9.17) is 12.2 Å². The van der Waals surface area contributed by atoms with E-state index in [1.54, 1.807) is 6.20 Å². The van der Waals surface area contributed by atoms with Crippen molar-refractivity contribution >= 4 is 16.7 Å². The number of hydrogen-bond donors (Lipinski definition) is 1. The predicted octanol–water partition coefficient (Wildman–Crippen LogP) is 2.26. The molecule has 0 bridgehead atoms. The van der Waals surface area contributed by atoms with E-state index in [1.165, 1.54) is 6.33 Å². The molecular formula is C15H10N4. The summed E-state index contributed by atoms with van der Waals surface area (Å²) in [5.74, 6) is 3.05. The molecule has 4 heteroatoms. The van der Waals surface area contributed by atoms with Gasteiger partial charge in [-0.25, -0.2) is 9.97 Å². The molecule has 0 aliphatic heterocycles. The number of nitrogen functional groups attached to an aromatic ring is 1. The number of anilines is 1. The molecule has 1 aromatic carbocycles. The van der Waals surface area contributed by atoms with Gasteiger partial charge in [0.1, 0.15) is 12.1 Å². The number of fused-ring (bicyclic) bond motifs is 1. The summed E-state index contributed by atoms with van der Waals surface area (Å²) in [7, 11) is 0. The predicted molar refractivity (Wildman–Crippen MR) is 75.1 cm³/mol. The molecule has 2 heterocycles. The quantitative estimate of drug-likeness (QED) is 0.669. The summed E-state index contributed by atoms with van der Waals surface area (Å²) in [6.45, 7) is 0. The first-order chi connectivity index (χ1) is 9.28. The lowest BCUT2D eigenvalue weighted by Gasteiger charge is -2.04. The van der Waals surface area contributed by atoms with E-state index in [2.05, 4.69) is 20.9 Å². The Hall–Kier alpha value is -2.93. The summed E-state index contributed by atoms with van der Waals surface area (Å²) >= 11 is 0. The van der Waals surface area contributed by atoms with Gasteiger partial charge in [-0.15, -0.1) is 6.42 Å². The molecule has 0 fully saturated rings. The second-order valence-corrected chi connectivity index (χ2v) is 4.07. The maximum absolute atomic E-state index is 5.85. The normalized spacial score (nSPS) is 10.3. The Bertz CT molecular complexity index is 803. The number of terminal acetylenes is 1. The van der Waals surface area contributed by atoms with Crippen LogP contribution in [0.25, 0.3) is 22.2 Å². The van der Waals surface area contributed by atoms with Gasteiger partial charge in [0.05, 0.1) is 17.4 Å². The lowest BCUT2D eigenvalue weighted by Crippen LogP contribution is -1.94. The van der Waals surface area contributed by atoms with Crippen LogP contribution in [0, 0.1) is 12.3 Å². The minimum Gasteiger partial charge on any atom is -0.383 e. The van der Waals surface area contributed by atoms with Crippen molar-refractivity contribution in [1.29, 1.82) is 0 Å². The molecule has 0 spiro atoms. The SMILES string of the molecule is C#Cc1cccc(-c2cc3c(N)ncnc3cn2)c1. The van der Waals surface area contributed by atoms with Gasteiger partial charge in [0.2, 0.25) is 0 Å². The Kier molecular flexibility index (Phi) is 2.58. The van der Waals surface area contributed by atoms with Gasteiger partial charge in [0.25, 0.3) is 0 Å². The van der Waals surface area contributed by atoms with Crippen molar-refractivity contribution < 1.29 is 0 Å². The van der Waals surface area contributed by atoms with Gasteiger partial charge in [0.15, 0.2) is 0 Å². The van der Waals surface area contributed by atoms with E-state index in [0.29, 0.717) is 5.82 Å². The molecule has 4 nitrogen and oxygen atoms in total. The van der Waals surface area contributed by atoms with E-state index < -0.39 is 0 Å². The molecule has 0 aliphatic carbocycles. The average molecular weight is 246 g/mol. The zero-order valence-corrected chi connectivity index (χ0v) is 10.0. The number of pyridine rings is 1. The Morgan fingerprint density at radius 1 is 1.11 bits per heavy atom. The van der Waals surface area contributed by atoms with Gasteiger partial charge in [-0.1, -0.05) is 18.1 Å².